The van der Waals surface area contributed by atoms with Gasteiger partial charge >= 0.3 is 0 Å². The van der Waals surface area contributed by atoms with E-state index in [9.17, 15) is 0 Å². The maximum atomic E-state index is 6.66. The molecule has 0 spiro atoms. The van der Waals surface area contributed by atoms with Crippen LogP contribution in [0, 0.1) is 18.8 Å². The fourth-order valence-corrected chi connectivity index (χ4v) is 4.27. The zero-order chi connectivity index (χ0) is 23.3. The van der Waals surface area contributed by atoms with Gasteiger partial charge in [0.25, 0.3) is 0 Å². The van der Waals surface area contributed by atoms with Crippen molar-refractivity contribution in [2.45, 2.75) is 6.92 Å². The molecule has 3 aromatic rings. The van der Waals surface area contributed by atoms with Crippen LogP contribution in [0.4, 0.5) is 5.69 Å². The van der Waals surface area contributed by atoms with Crippen molar-refractivity contribution in [3.63, 3.8) is 0 Å². The van der Waals surface area contributed by atoms with E-state index in [4.69, 9.17) is 15.5 Å². The van der Waals surface area contributed by atoms with Crippen molar-refractivity contribution in [2.24, 2.45) is 10.7 Å². The van der Waals surface area contributed by atoms with E-state index in [0.717, 1.165) is 71.6 Å². The van der Waals surface area contributed by atoms with E-state index >= 15 is 0 Å². The minimum absolute atomic E-state index is 0.479. The lowest BCUT2D eigenvalue weighted by Crippen LogP contribution is -2.44. The molecule has 0 saturated carbocycles. The maximum Gasteiger partial charge on any atom is 0.127 e. The summed E-state index contributed by atoms with van der Waals surface area (Å²) in [7, 11) is 0. The molecule has 2 aliphatic rings. The van der Waals surface area contributed by atoms with E-state index in [0.29, 0.717) is 12.5 Å². The van der Waals surface area contributed by atoms with Crippen molar-refractivity contribution < 1.29 is 4.74 Å². The van der Waals surface area contributed by atoms with Crippen molar-refractivity contribution in [1.29, 1.82) is 0 Å². The van der Waals surface area contributed by atoms with Gasteiger partial charge < -0.3 is 20.7 Å². The van der Waals surface area contributed by atoms with Crippen LogP contribution in [0.1, 0.15) is 11.1 Å². The normalized spacial score (nSPS) is 15.7. The smallest absolute Gasteiger partial charge is 0.127 e. The van der Waals surface area contributed by atoms with Crippen LogP contribution in [-0.2, 0) is 0 Å². The predicted octanol–water partition coefficient (Wildman–Crippen LogP) is 2.17. The summed E-state index contributed by atoms with van der Waals surface area (Å²) in [6.45, 7) is 7.47. The molecule has 172 valence electrons. The van der Waals surface area contributed by atoms with Crippen LogP contribution in [0.3, 0.4) is 0 Å². The lowest BCUT2D eigenvalue weighted by molar-refractivity contribution is 0.268. The van der Waals surface area contributed by atoms with E-state index in [1.165, 1.54) is 0 Å². The van der Waals surface area contributed by atoms with Gasteiger partial charge in [0.1, 0.15) is 24.0 Å². The molecule has 0 aromatic heterocycles. The fraction of sp³-hybridized carbons (Fsp3) is 0.250. The fourth-order valence-electron chi connectivity index (χ4n) is 4.27. The number of fused-ring (bicyclic) bond motifs is 1. The molecule has 0 atom stereocenters. The van der Waals surface area contributed by atoms with Gasteiger partial charge in [-0.1, -0.05) is 30.0 Å². The number of nitrogens with two attached hydrogens (primary N) is 1. The minimum Gasteiger partial charge on any atom is -0.457 e. The molecule has 0 aliphatic carbocycles. The topological polar surface area (TPSA) is 66.1 Å². The van der Waals surface area contributed by atoms with Gasteiger partial charge in [-0.3, -0.25) is 9.89 Å². The largest absolute Gasteiger partial charge is 0.457 e. The average molecular weight is 452 g/mol. The second kappa shape index (κ2) is 10.0. The van der Waals surface area contributed by atoms with Gasteiger partial charge in [-0.15, -0.1) is 0 Å². The van der Waals surface area contributed by atoms with Crippen LogP contribution in [0.2, 0.25) is 0 Å². The predicted molar refractivity (Wildman–Crippen MR) is 136 cm³/mol. The van der Waals surface area contributed by atoms with Crippen LogP contribution >= 0.6 is 0 Å². The Morgan fingerprint density at radius 2 is 1.82 bits per heavy atom. The minimum atomic E-state index is 0.479. The summed E-state index contributed by atoms with van der Waals surface area (Å²) in [5.41, 5.74) is 9.70. The highest BCUT2D eigenvalue weighted by molar-refractivity contribution is 5.70. The SMILES string of the molecule is Cc1cc(Oc2ccccc2)ccc1N1CN=c2ccc(C#CCN3CCNCC3)cc2=C1N. The van der Waals surface area contributed by atoms with Gasteiger partial charge in [0, 0.05) is 42.6 Å². The summed E-state index contributed by atoms with van der Waals surface area (Å²) in [6.07, 6.45) is 0. The Morgan fingerprint density at radius 1 is 1.00 bits per heavy atom. The summed E-state index contributed by atoms with van der Waals surface area (Å²) in [4.78, 5) is 9.17. The molecule has 1 fully saturated rings. The number of aryl methyl sites for hydroxylation is 1. The summed E-state index contributed by atoms with van der Waals surface area (Å²) < 4.78 is 5.98. The van der Waals surface area contributed by atoms with E-state index in [-0.39, 0.29) is 0 Å². The molecule has 0 radical (unpaired) electrons. The van der Waals surface area contributed by atoms with E-state index in [1.807, 2.05) is 71.6 Å². The van der Waals surface area contributed by atoms with Crippen LogP contribution in [0.5, 0.6) is 11.5 Å². The molecule has 1 saturated heterocycles. The Hall–Kier alpha value is -3.79. The maximum absolute atomic E-state index is 6.66. The number of nitrogens with one attached hydrogen (secondary N) is 1. The highest BCUT2D eigenvalue weighted by atomic mass is 16.5. The first-order valence-corrected chi connectivity index (χ1v) is 11.6. The Bertz CT molecular complexity index is 1350. The third-order valence-corrected chi connectivity index (χ3v) is 6.13. The highest BCUT2D eigenvalue weighted by Gasteiger charge is 2.16. The number of anilines is 1. The number of para-hydroxylation sites is 1. The van der Waals surface area contributed by atoms with Crippen molar-refractivity contribution in [3.05, 3.63) is 88.4 Å². The number of piperazine rings is 1. The third kappa shape index (κ3) is 4.91. The molecule has 3 N–H and O–H groups in total. The van der Waals surface area contributed by atoms with Crippen molar-refractivity contribution in [2.75, 3.05) is 44.3 Å². The van der Waals surface area contributed by atoms with Crippen LogP contribution in [-0.4, -0.2) is 44.3 Å². The Morgan fingerprint density at radius 3 is 2.62 bits per heavy atom. The molecule has 0 amide bonds. The molecular weight excluding hydrogens is 422 g/mol. The van der Waals surface area contributed by atoms with Crippen molar-refractivity contribution >= 4 is 11.5 Å². The Labute approximate surface area is 200 Å². The highest BCUT2D eigenvalue weighted by Crippen LogP contribution is 2.29. The quantitative estimate of drug-likeness (QED) is 0.596. The first-order valence-electron chi connectivity index (χ1n) is 11.6. The number of benzene rings is 3. The summed E-state index contributed by atoms with van der Waals surface area (Å²) in [5.74, 6) is 8.91. The Kier molecular flexibility index (Phi) is 6.48. The molecule has 6 nitrogen and oxygen atoms in total. The zero-order valence-corrected chi connectivity index (χ0v) is 19.4. The first kappa shape index (κ1) is 22.0. The van der Waals surface area contributed by atoms with E-state index in [1.54, 1.807) is 0 Å². The standard InChI is InChI=1S/C28H29N5O/c1-21-18-24(34-23-7-3-2-4-8-23)10-12-27(21)33-20-31-26-11-9-22(19-25(26)28(33)29)6-5-15-32-16-13-30-14-17-32/h2-4,7-12,18-19,30H,13-17,20,29H2,1H3. The summed E-state index contributed by atoms with van der Waals surface area (Å²) >= 11 is 0. The van der Waals surface area contributed by atoms with Crippen molar-refractivity contribution in [3.8, 4) is 23.3 Å². The van der Waals surface area contributed by atoms with Gasteiger partial charge in [-0.25, -0.2) is 0 Å². The number of hydrogen-bond acceptors (Lipinski definition) is 6. The van der Waals surface area contributed by atoms with Gasteiger partial charge in [0.05, 0.1) is 11.9 Å². The lowest BCUT2D eigenvalue weighted by atomic mass is 10.1. The molecule has 3 aromatic carbocycles. The molecule has 0 bridgehead atoms. The van der Waals surface area contributed by atoms with Gasteiger partial charge in [0.2, 0.25) is 0 Å². The molecular formula is C28H29N5O. The zero-order valence-electron chi connectivity index (χ0n) is 19.4. The second-order valence-electron chi connectivity index (χ2n) is 8.54. The number of hydrogen-bond donors (Lipinski definition) is 2. The molecule has 5 rings (SSSR count). The summed E-state index contributed by atoms with van der Waals surface area (Å²) in [5, 5.41) is 5.19. The molecule has 6 heteroatoms. The molecule has 2 heterocycles. The van der Waals surface area contributed by atoms with Gasteiger partial charge in [-0.2, -0.15) is 0 Å². The summed E-state index contributed by atoms with van der Waals surface area (Å²) in [6, 6.07) is 21.9. The van der Waals surface area contributed by atoms with Crippen LogP contribution < -0.4 is 31.3 Å². The third-order valence-electron chi connectivity index (χ3n) is 6.13. The molecule has 2 aliphatic heterocycles. The number of rotatable bonds is 4. The van der Waals surface area contributed by atoms with E-state index < -0.39 is 0 Å². The first-order chi connectivity index (χ1) is 16.7. The molecule has 34 heavy (non-hydrogen) atoms. The number of nitrogens with zero attached hydrogens (tertiary/aromatic N) is 3. The Balaban J connectivity index is 1.38. The number of ether oxygens (including phenoxy) is 1. The second-order valence-corrected chi connectivity index (χ2v) is 8.54. The van der Waals surface area contributed by atoms with Gasteiger partial charge in [0.15, 0.2) is 0 Å². The average Bonchev–Trinajstić information content (AvgIpc) is 2.86. The lowest BCUT2D eigenvalue weighted by Gasteiger charge is -2.27. The van der Waals surface area contributed by atoms with Crippen LogP contribution in [0.15, 0.2) is 71.7 Å². The molecule has 0 unspecified atom stereocenters. The monoisotopic (exact) mass is 451 g/mol. The van der Waals surface area contributed by atoms with E-state index in [2.05, 4.69) is 29.0 Å². The van der Waals surface area contributed by atoms with Crippen LogP contribution in [0.25, 0.3) is 5.82 Å². The van der Waals surface area contributed by atoms with Gasteiger partial charge in [-0.05, 0) is 61.0 Å². The van der Waals surface area contributed by atoms with Crippen molar-refractivity contribution in [1.82, 2.24) is 10.2 Å².